The standard InChI is InChI=1S/C17H10F6N2/c18-16(19,20)12-14-7-15(14,13(25-24-12)17(21,22)23)11-6-5-10(14)8-3-1-2-4-9(8)11/h1-6,10-11H,7H2/t10-,11+,14-,15+. The molecule has 0 aromatic heterocycles. The van der Waals surface area contributed by atoms with Crippen molar-refractivity contribution < 1.29 is 26.3 Å². The Kier molecular flexibility index (Phi) is 2.42. The lowest BCUT2D eigenvalue weighted by Gasteiger charge is -2.47. The van der Waals surface area contributed by atoms with Crippen LogP contribution in [0, 0.1) is 10.8 Å². The summed E-state index contributed by atoms with van der Waals surface area (Å²) in [4.78, 5) is 0. The van der Waals surface area contributed by atoms with Gasteiger partial charge in [-0.05, 0) is 17.5 Å². The van der Waals surface area contributed by atoms with Crippen LogP contribution < -0.4 is 0 Å². The van der Waals surface area contributed by atoms with Gasteiger partial charge in [0.2, 0.25) is 0 Å². The van der Waals surface area contributed by atoms with Crippen molar-refractivity contribution in [3.8, 4) is 0 Å². The van der Waals surface area contributed by atoms with Gasteiger partial charge in [-0.25, -0.2) is 0 Å². The maximum Gasteiger partial charge on any atom is 0.431 e. The van der Waals surface area contributed by atoms with Gasteiger partial charge in [0.15, 0.2) is 11.4 Å². The molecule has 0 amide bonds. The molecule has 1 aromatic rings. The third kappa shape index (κ3) is 1.50. The topological polar surface area (TPSA) is 24.7 Å². The highest BCUT2D eigenvalue weighted by Gasteiger charge is 2.86. The Bertz CT molecular complexity index is 822. The largest absolute Gasteiger partial charge is 0.431 e. The van der Waals surface area contributed by atoms with E-state index in [1.165, 1.54) is 0 Å². The molecule has 1 saturated carbocycles. The van der Waals surface area contributed by atoms with Crippen molar-refractivity contribution in [1.29, 1.82) is 0 Å². The minimum atomic E-state index is -4.82. The molecule has 0 radical (unpaired) electrons. The highest BCUT2D eigenvalue weighted by atomic mass is 19.4. The fraction of sp³-hybridized carbons (Fsp3) is 0.412. The Labute approximate surface area is 137 Å². The second-order valence-corrected chi connectivity index (χ2v) is 6.98. The normalized spacial score (nSPS) is 37.7. The van der Waals surface area contributed by atoms with Gasteiger partial charge in [-0.2, -0.15) is 26.3 Å². The molecule has 0 unspecified atom stereocenters. The van der Waals surface area contributed by atoms with E-state index in [1.54, 1.807) is 36.4 Å². The first-order valence-corrected chi connectivity index (χ1v) is 7.72. The number of allylic oxidation sites excluding steroid dienone is 2. The average Bonchev–Trinajstić information content (AvgIpc) is 3.25. The summed E-state index contributed by atoms with van der Waals surface area (Å²) in [6, 6.07) is 6.78. The summed E-state index contributed by atoms with van der Waals surface area (Å²) in [6.45, 7) is 0. The summed E-state index contributed by atoms with van der Waals surface area (Å²) in [5.41, 5.74) is -4.45. The smallest absolute Gasteiger partial charge is 0.165 e. The van der Waals surface area contributed by atoms with E-state index >= 15 is 0 Å². The summed E-state index contributed by atoms with van der Waals surface area (Å²) >= 11 is 0. The highest BCUT2D eigenvalue weighted by Crippen LogP contribution is 2.84. The summed E-state index contributed by atoms with van der Waals surface area (Å²) in [6.07, 6.45) is -6.66. The zero-order valence-electron chi connectivity index (χ0n) is 12.5. The molecule has 6 rings (SSSR count). The molecule has 8 heteroatoms. The monoisotopic (exact) mass is 356 g/mol. The number of nitrogens with zero attached hydrogens (tertiary/aromatic N) is 2. The zero-order chi connectivity index (χ0) is 17.8. The molecule has 130 valence electrons. The van der Waals surface area contributed by atoms with Crippen LogP contribution in [0.1, 0.15) is 29.4 Å². The highest BCUT2D eigenvalue weighted by molar-refractivity contribution is 6.14. The Morgan fingerprint density at radius 2 is 1.16 bits per heavy atom. The lowest BCUT2D eigenvalue weighted by molar-refractivity contribution is -0.0735. The predicted octanol–water partition coefficient (Wildman–Crippen LogP) is 4.75. The van der Waals surface area contributed by atoms with Crippen molar-refractivity contribution in [3.05, 3.63) is 47.5 Å². The van der Waals surface area contributed by atoms with Gasteiger partial charge in [-0.1, -0.05) is 36.4 Å². The van der Waals surface area contributed by atoms with Gasteiger partial charge < -0.3 is 0 Å². The minimum absolute atomic E-state index is 0.242. The Morgan fingerprint density at radius 1 is 0.760 bits per heavy atom. The number of hydrogen-bond acceptors (Lipinski definition) is 2. The third-order valence-electron chi connectivity index (χ3n) is 6.08. The molecule has 25 heavy (non-hydrogen) atoms. The van der Waals surface area contributed by atoms with Crippen LogP contribution in [-0.4, -0.2) is 23.8 Å². The van der Waals surface area contributed by atoms with E-state index in [1.807, 2.05) is 0 Å². The van der Waals surface area contributed by atoms with Gasteiger partial charge >= 0.3 is 12.4 Å². The zero-order valence-corrected chi connectivity index (χ0v) is 12.5. The maximum absolute atomic E-state index is 13.6. The molecule has 1 heterocycles. The molecule has 1 fully saturated rings. The molecule has 0 saturated heterocycles. The predicted molar refractivity (Wildman–Crippen MR) is 77.5 cm³/mol. The van der Waals surface area contributed by atoms with Crippen LogP contribution in [0.2, 0.25) is 0 Å². The fourth-order valence-electron chi connectivity index (χ4n) is 5.32. The number of benzene rings is 1. The quantitative estimate of drug-likeness (QED) is 0.474. The van der Waals surface area contributed by atoms with Gasteiger partial charge in [0.05, 0.1) is 0 Å². The molecule has 1 aromatic carbocycles. The van der Waals surface area contributed by atoms with E-state index in [0.29, 0.717) is 11.1 Å². The molecule has 2 bridgehead atoms. The Morgan fingerprint density at radius 3 is 1.52 bits per heavy atom. The van der Waals surface area contributed by atoms with E-state index in [2.05, 4.69) is 10.2 Å². The number of rotatable bonds is 0. The second kappa shape index (κ2) is 3.99. The van der Waals surface area contributed by atoms with Crippen LogP contribution in [-0.2, 0) is 0 Å². The second-order valence-electron chi connectivity index (χ2n) is 6.98. The van der Waals surface area contributed by atoms with Crippen LogP contribution in [0.15, 0.2) is 46.6 Å². The summed E-state index contributed by atoms with van der Waals surface area (Å²) in [5.74, 6) is -1.55. The van der Waals surface area contributed by atoms with E-state index in [9.17, 15) is 26.3 Å². The van der Waals surface area contributed by atoms with Crippen molar-refractivity contribution in [3.63, 3.8) is 0 Å². The van der Waals surface area contributed by atoms with Crippen LogP contribution in [0.5, 0.6) is 0 Å². The van der Waals surface area contributed by atoms with Crippen LogP contribution in [0.25, 0.3) is 0 Å². The molecule has 1 aliphatic heterocycles. The first kappa shape index (κ1) is 15.2. The molecular weight excluding hydrogens is 346 g/mol. The van der Waals surface area contributed by atoms with Gasteiger partial charge in [0.1, 0.15) is 0 Å². The molecule has 2 nitrogen and oxygen atoms in total. The van der Waals surface area contributed by atoms with Crippen LogP contribution in [0.3, 0.4) is 0 Å². The van der Waals surface area contributed by atoms with Gasteiger partial charge in [-0.3, -0.25) is 0 Å². The van der Waals surface area contributed by atoms with E-state index < -0.39 is 46.4 Å². The van der Waals surface area contributed by atoms with Gasteiger partial charge in [-0.15, -0.1) is 10.2 Å². The minimum Gasteiger partial charge on any atom is -0.165 e. The maximum atomic E-state index is 13.6. The first-order valence-electron chi connectivity index (χ1n) is 7.72. The van der Waals surface area contributed by atoms with Crippen molar-refractivity contribution in [2.45, 2.75) is 30.6 Å². The Hall–Kier alpha value is -2.12. The molecule has 0 spiro atoms. The van der Waals surface area contributed by atoms with Crippen LogP contribution in [0.4, 0.5) is 26.3 Å². The third-order valence-corrected chi connectivity index (χ3v) is 6.08. The number of hydrogen-bond donors (Lipinski definition) is 0. The molecule has 0 N–H and O–H groups in total. The molecular formula is C17H10F6N2. The van der Waals surface area contributed by atoms with E-state index in [-0.39, 0.29) is 6.42 Å². The van der Waals surface area contributed by atoms with Crippen molar-refractivity contribution in [1.82, 2.24) is 0 Å². The van der Waals surface area contributed by atoms with Gasteiger partial charge in [0.25, 0.3) is 0 Å². The summed E-state index contributed by atoms with van der Waals surface area (Å²) in [7, 11) is 0. The summed E-state index contributed by atoms with van der Waals surface area (Å²) in [5, 5.41) is 6.12. The lowest BCUT2D eigenvalue weighted by atomic mass is 9.56. The van der Waals surface area contributed by atoms with Crippen molar-refractivity contribution >= 4 is 11.4 Å². The SMILES string of the molecule is FC(F)(F)C1=NN=C(C(F)(F)F)[C@@]23C[C@@]12[C@@H]1C=C[C@H]3c2ccccc21. The lowest BCUT2D eigenvalue weighted by Crippen LogP contribution is -2.52. The molecule has 4 aliphatic carbocycles. The first-order chi connectivity index (χ1) is 11.6. The number of alkyl halides is 6. The van der Waals surface area contributed by atoms with Crippen molar-refractivity contribution in [2.24, 2.45) is 21.0 Å². The van der Waals surface area contributed by atoms with Crippen LogP contribution >= 0.6 is 0 Å². The molecule has 5 aliphatic rings. The van der Waals surface area contributed by atoms with E-state index in [4.69, 9.17) is 0 Å². The Balaban J connectivity index is 1.83. The molecule has 4 atom stereocenters. The number of halogens is 6. The fourth-order valence-corrected chi connectivity index (χ4v) is 5.32. The van der Waals surface area contributed by atoms with Crippen molar-refractivity contribution in [2.75, 3.05) is 0 Å². The van der Waals surface area contributed by atoms with E-state index in [0.717, 1.165) is 0 Å². The summed E-state index contributed by atoms with van der Waals surface area (Å²) < 4.78 is 81.6. The van der Waals surface area contributed by atoms with Gasteiger partial charge in [0, 0.05) is 22.7 Å². The average molecular weight is 356 g/mol.